The molecule has 0 spiro atoms. The molecule has 0 unspecified atom stereocenters. The van der Waals surface area contributed by atoms with Crippen LogP contribution in [0.4, 0.5) is 0 Å². The molecule has 4 nitrogen and oxygen atoms in total. The highest BCUT2D eigenvalue weighted by molar-refractivity contribution is 6.99. The summed E-state index contributed by atoms with van der Waals surface area (Å²) in [4.78, 5) is 2.52. The fourth-order valence-electron chi connectivity index (χ4n) is 5.97. The van der Waals surface area contributed by atoms with Gasteiger partial charge in [0, 0.05) is 19.6 Å². The summed E-state index contributed by atoms with van der Waals surface area (Å²) < 4.78 is 15.2. The van der Waals surface area contributed by atoms with Crippen molar-refractivity contribution in [1.82, 2.24) is 13.6 Å². The van der Waals surface area contributed by atoms with Crippen LogP contribution in [0.15, 0.2) is 103 Å². The van der Waals surface area contributed by atoms with Gasteiger partial charge in [0.2, 0.25) is 0 Å². The first kappa shape index (κ1) is 24.9. The number of ether oxygens (including phenoxy) is 1. The van der Waals surface area contributed by atoms with E-state index in [2.05, 4.69) is 117 Å². The van der Waals surface area contributed by atoms with Gasteiger partial charge in [0.05, 0.1) is 18.3 Å². The van der Waals surface area contributed by atoms with E-state index in [1.54, 1.807) is 0 Å². The van der Waals surface area contributed by atoms with Crippen molar-refractivity contribution < 1.29 is 4.74 Å². The monoisotopic (exact) mass is 541 g/mol. The Morgan fingerprint density at radius 2 is 1.50 bits per heavy atom. The number of benzene rings is 5. The maximum atomic E-state index is 6.11. The van der Waals surface area contributed by atoms with Gasteiger partial charge in [0.25, 0.3) is 5.88 Å². The Morgan fingerprint density at radius 3 is 2.45 bits per heavy atom. The Balaban J connectivity index is 1.07. The molecule has 0 N–H and O–H groups in total. The van der Waals surface area contributed by atoms with Crippen LogP contribution < -0.4 is 4.74 Å². The van der Waals surface area contributed by atoms with Crippen molar-refractivity contribution in [2.24, 2.45) is 0 Å². The quantitative estimate of drug-likeness (QED) is 0.143. The summed E-state index contributed by atoms with van der Waals surface area (Å²) in [6, 6.07) is 35.1. The Morgan fingerprint density at radius 1 is 0.725 bits per heavy atom. The Bertz CT molecular complexity index is 1830. The van der Waals surface area contributed by atoms with Crippen LogP contribution in [0.2, 0.25) is 0 Å². The third kappa shape index (κ3) is 4.99. The molecule has 0 atom stereocenters. The van der Waals surface area contributed by atoms with Gasteiger partial charge in [-0.25, -0.2) is 0 Å². The van der Waals surface area contributed by atoms with E-state index in [4.69, 9.17) is 4.74 Å². The van der Waals surface area contributed by atoms with Gasteiger partial charge in [-0.1, -0.05) is 103 Å². The van der Waals surface area contributed by atoms with Gasteiger partial charge in [-0.3, -0.25) is 4.90 Å². The fourth-order valence-corrected chi connectivity index (χ4v) is 6.50. The molecule has 0 radical (unpaired) electrons. The molecule has 0 amide bonds. The Kier molecular flexibility index (Phi) is 6.99. The van der Waals surface area contributed by atoms with E-state index in [0.717, 1.165) is 44.6 Å². The highest BCUT2D eigenvalue weighted by Crippen LogP contribution is 2.34. The van der Waals surface area contributed by atoms with Crippen molar-refractivity contribution in [3.63, 3.8) is 0 Å². The Labute approximate surface area is 238 Å². The molecule has 5 aromatic carbocycles. The van der Waals surface area contributed by atoms with Gasteiger partial charge in [0.1, 0.15) is 5.69 Å². The summed E-state index contributed by atoms with van der Waals surface area (Å²) in [5.41, 5.74) is 4.83. The lowest BCUT2D eigenvalue weighted by atomic mass is 9.94. The fraction of sp³-hybridized carbons (Fsp3) is 0.200. The van der Waals surface area contributed by atoms with Crippen molar-refractivity contribution in [3.05, 3.63) is 120 Å². The van der Waals surface area contributed by atoms with E-state index >= 15 is 0 Å². The summed E-state index contributed by atoms with van der Waals surface area (Å²) in [5.74, 6) is 0.676. The number of hydrogen-bond acceptors (Lipinski definition) is 5. The summed E-state index contributed by atoms with van der Waals surface area (Å²) in [6.07, 6.45) is 5.27. The predicted molar refractivity (Wildman–Crippen MR) is 167 cm³/mol. The predicted octanol–water partition coefficient (Wildman–Crippen LogP) is 8.30. The number of aryl methyl sites for hydroxylation is 1. The van der Waals surface area contributed by atoms with Crippen molar-refractivity contribution in [1.29, 1.82) is 0 Å². The highest BCUT2D eigenvalue weighted by Gasteiger charge is 2.21. The molecule has 0 bridgehead atoms. The van der Waals surface area contributed by atoms with Gasteiger partial charge in [-0.2, -0.15) is 4.37 Å². The molecule has 1 aromatic heterocycles. The van der Waals surface area contributed by atoms with Crippen molar-refractivity contribution in [2.75, 3.05) is 19.7 Å². The van der Waals surface area contributed by atoms with Crippen LogP contribution in [0, 0.1) is 0 Å². The first-order valence-corrected chi connectivity index (χ1v) is 14.8. The normalized spacial score (nSPS) is 14.2. The lowest BCUT2D eigenvalue weighted by molar-refractivity contribution is 0.291. The second kappa shape index (κ2) is 11.2. The number of nitrogens with zero attached hydrogens (tertiary/aromatic N) is 3. The molecule has 1 aliphatic rings. The highest BCUT2D eigenvalue weighted by atomic mass is 32.1. The molecule has 40 heavy (non-hydrogen) atoms. The molecule has 0 fully saturated rings. The minimum atomic E-state index is 0.642. The zero-order chi connectivity index (χ0) is 26.7. The van der Waals surface area contributed by atoms with Gasteiger partial charge in [-0.05, 0) is 68.3 Å². The van der Waals surface area contributed by atoms with E-state index in [9.17, 15) is 0 Å². The SMILES string of the molecule is C1=C(c2nsnc2OCCCc2ccccc2)CN(Cc2cccc3c2ccc2c4ccccc4ccc32)CC1. The maximum Gasteiger partial charge on any atom is 0.253 e. The van der Waals surface area contributed by atoms with Gasteiger partial charge in [-0.15, -0.1) is 4.37 Å². The molecule has 0 saturated carbocycles. The first-order chi connectivity index (χ1) is 19.8. The first-order valence-electron chi connectivity index (χ1n) is 14.1. The van der Waals surface area contributed by atoms with Crippen LogP contribution in [0.5, 0.6) is 5.88 Å². The van der Waals surface area contributed by atoms with Crippen molar-refractivity contribution in [2.45, 2.75) is 25.8 Å². The summed E-state index contributed by atoms with van der Waals surface area (Å²) in [7, 11) is 0. The molecule has 5 heteroatoms. The van der Waals surface area contributed by atoms with Crippen LogP contribution in [-0.2, 0) is 13.0 Å². The van der Waals surface area contributed by atoms with Crippen molar-refractivity contribution in [3.8, 4) is 5.88 Å². The molecule has 1 aliphatic heterocycles. The van der Waals surface area contributed by atoms with Gasteiger partial charge in [0.15, 0.2) is 0 Å². The smallest absolute Gasteiger partial charge is 0.253 e. The number of aromatic nitrogens is 2. The second-order valence-electron chi connectivity index (χ2n) is 10.5. The molecule has 198 valence electrons. The van der Waals surface area contributed by atoms with Crippen LogP contribution in [0.1, 0.15) is 29.7 Å². The molecule has 2 heterocycles. The van der Waals surface area contributed by atoms with Crippen LogP contribution in [0.3, 0.4) is 0 Å². The van der Waals surface area contributed by atoms with Crippen molar-refractivity contribution >= 4 is 49.6 Å². The maximum absolute atomic E-state index is 6.11. The molecule has 7 rings (SSSR count). The van der Waals surface area contributed by atoms with Gasteiger partial charge >= 0.3 is 0 Å². The lowest BCUT2D eigenvalue weighted by Gasteiger charge is -2.27. The molecule has 0 aliphatic carbocycles. The standard InChI is InChI=1S/C35H31N3OS/c1-2-9-25(10-3-1)11-8-22-39-35-34(36-40-37-35)28-14-7-21-38(24-28)23-27-13-6-16-31-30(27)19-20-32-29-15-5-4-12-26(29)17-18-33(31)32/h1-6,9-10,12-20H,7-8,11,21-24H2. The third-order valence-corrected chi connectivity index (χ3v) is 8.46. The average molecular weight is 542 g/mol. The molecular formula is C35H31N3OS. The second-order valence-corrected chi connectivity index (χ2v) is 11.1. The summed E-state index contributed by atoms with van der Waals surface area (Å²) >= 11 is 1.24. The number of rotatable bonds is 8. The van der Waals surface area contributed by atoms with Crippen LogP contribution in [-0.4, -0.2) is 33.3 Å². The van der Waals surface area contributed by atoms with E-state index in [-0.39, 0.29) is 0 Å². The van der Waals surface area contributed by atoms with E-state index in [1.165, 1.54) is 60.7 Å². The zero-order valence-electron chi connectivity index (χ0n) is 22.4. The van der Waals surface area contributed by atoms with Crippen LogP contribution >= 0.6 is 11.7 Å². The van der Waals surface area contributed by atoms with E-state index in [0.29, 0.717) is 12.5 Å². The van der Waals surface area contributed by atoms with Crippen LogP contribution in [0.25, 0.3) is 37.9 Å². The van der Waals surface area contributed by atoms with Gasteiger partial charge < -0.3 is 4.74 Å². The number of fused-ring (bicyclic) bond motifs is 5. The minimum absolute atomic E-state index is 0.642. The molecule has 6 aromatic rings. The number of hydrogen-bond donors (Lipinski definition) is 0. The third-order valence-electron chi connectivity index (χ3n) is 7.95. The summed E-state index contributed by atoms with van der Waals surface area (Å²) in [6.45, 7) is 3.42. The Hall–Kier alpha value is -4.06. The van der Waals surface area contributed by atoms with E-state index < -0.39 is 0 Å². The molecular weight excluding hydrogens is 510 g/mol. The zero-order valence-corrected chi connectivity index (χ0v) is 23.2. The summed E-state index contributed by atoms with van der Waals surface area (Å²) in [5, 5.41) is 7.89. The largest absolute Gasteiger partial charge is 0.475 e. The lowest BCUT2D eigenvalue weighted by Crippen LogP contribution is -2.29. The minimum Gasteiger partial charge on any atom is -0.475 e. The molecule has 0 saturated heterocycles. The van der Waals surface area contributed by atoms with E-state index in [1.807, 2.05) is 0 Å². The topological polar surface area (TPSA) is 38.3 Å². The average Bonchev–Trinajstić information content (AvgIpc) is 3.48.